The number of nitrogens with zero attached hydrogens (tertiary/aromatic N) is 1. The molecule has 0 spiro atoms. The van der Waals surface area contributed by atoms with Gasteiger partial charge < -0.3 is 10.2 Å². The highest BCUT2D eigenvalue weighted by atomic mass is 16.2. The molecule has 1 atom stereocenters. The van der Waals surface area contributed by atoms with Gasteiger partial charge in [-0.1, -0.05) is 27.7 Å². The lowest BCUT2D eigenvalue weighted by molar-refractivity contribution is -0.131. The Morgan fingerprint density at radius 1 is 1.14 bits per heavy atom. The van der Waals surface area contributed by atoms with E-state index in [0.29, 0.717) is 23.7 Å². The van der Waals surface area contributed by atoms with Gasteiger partial charge in [-0.25, -0.2) is 0 Å². The minimum absolute atomic E-state index is 0.377. The van der Waals surface area contributed by atoms with Crippen molar-refractivity contribution in [2.75, 3.05) is 26.2 Å². The van der Waals surface area contributed by atoms with E-state index in [1.807, 2.05) is 0 Å². The van der Waals surface area contributed by atoms with Gasteiger partial charge in [-0.05, 0) is 62.9 Å². The number of amides is 1. The van der Waals surface area contributed by atoms with E-state index < -0.39 is 0 Å². The second kappa shape index (κ2) is 10.2. The molecule has 0 aromatic carbocycles. The minimum Gasteiger partial charge on any atom is -0.343 e. The summed E-state index contributed by atoms with van der Waals surface area (Å²) < 4.78 is 0. The summed E-state index contributed by atoms with van der Waals surface area (Å²) in [6.07, 6.45) is 6.60. The molecule has 3 nitrogen and oxygen atoms in total. The van der Waals surface area contributed by atoms with E-state index in [4.69, 9.17) is 0 Å². The average Bonchev–Trinajstić information content (AvgIpc) is 2.45. The highest BCUT2D eigenvalue weighted by Crippen LogP contribution is 2.17. The Morgan fingerprint density at radius 2 is 1.76 bits per heavy atom. The van der Waals surface area contributed by atoms with Crippen molar-refractivity contribution in [2.45, 2.75) is 66.2 Å². The zero-order chi connectivity index (χ0) is 15.7. The maximum Gasteiger partial charge on any atom is 0.222 e. The summed E-state index contributed by atoms with van der Waals surface area (Å²) in [4.78, 5) is 14.6. The molecule has 1 amide bonds. The molecule has 1 N–H and O–H groups in total. The van der Waals surface area contributed by atoms with Crippen LogP contribution in [0, 0.1) is 17.8 Å². The smallest absolute Gasteiger partial charge is 0.222 e. The number of hydrogen-bond acceptors (Lipinski definition) is 2. The van der Waals surface area contributed by atoms with Crippen molar-refractivity contribution in [1.29, 1.82) is 0 Å². The third kappa shape index (κ3) is 8.45. The molecule has 1 saturated heterocycles. The predicted octanol–water partition coefficient (Wildman–Crippen LogP) is 3.69. The first-order valence-electron chi connectivity index (χ1n) is 8.97. The maximum atomic E-state index is 12.5. The van der Waals surface area contributed by atoms with Crippen LogP contribution >= 0.6 is 0 Å². The molecule has 21 heavy (non-hydrogen) atoms. The van der Waals surface area contributed by atoms with Gasteiger partial charge in [0, 0.05) is 19.5 Å². The van der Waals surface area contributed by atoms with Crippen molar-refractivity contribution in [1.82, 2.24) is 10.2 Å². The van der Waals surface area contributed by atoms with Crippen LogP contribution in [0.25, 0.3) is 0 Å². The quantitative estimate of drug-likeness (QED) is 0.704. The van der Waals surface area contributed by atoms with Gasteiger partial charge >= 0.3 is 0 Å². The van der Waals surface area contributed by atoms with E-state index in [2.05, 4.69) is 37.9 Å². The molecule has 0 aromatic rings. The Balaban J connectivity index is 2.36. The number of rotatable bonds is 9. The fraction of sp³-hybridized carbons (Fsp3) is 0.944. The van der Waals surface area contributed by atoms with Crippen LogP contribution in [0.2, 0.25) is 0 Å². The van der Waals surface area contributed by atoms with E-state index in [1.54, 1.807) is 0 Å². The lowest BCUT2D eigenvalue weighted by atomic mass is 9.94. The first kappa shape index (κ1) is 18.5. The Kier molecular flexibility index (Phi) is 8.98. The third-order valence-electron chi connectivity index (χ3n) is 4.47. The lowest BCUT2D eigenvalue weighted by Crippen LogP contribution is -2.35. The zero-order valence-electron chi connectivity index (χ0n) is 14.7. The van der Waals surface area contributed by atoms with Crippen molar-refractivity contribution in [3.8, 4) is 0 Å². The minimum atomic E-state index is 0.377. The van der Waals surface area contributed by atoms with Gasteiger partial charge in [0.2, 0.25) is 5.91 Å². The highest BCUT2D eigenvalue weighted by Gasteiger charge is 2.18. The van der Waals surface area contributed by atoms with E-state index in [0.717, 1.165) is 51.9 Å². The Bertz CT molecular complexity index is 271. The third-order valence-corrected chi connectivity index (χ3v) is 4.47. The summed E-state index contributed by atoms with van der Waals surface area (Å²) in [6, 6.07) is 0. The monoisotopic (exact) mass is 296 g/mol. The van der Waals surface area contributed by atoms with Gasteiger partial charge in [0.25, 0.3) is 0 Å². The SMILES string of the molecule is CC(C)CCN(CCC(C)C)C(=O)CCC1CCCNC1. The van der Waals surface area contributed by atoms with E-state index >= 15 is 0 Å². The molecule has 0 saturated carbocycles. The average molecular weight is 296 g/mol. The van der Waals surface area contributed by atoms with Crippen LogP contribution < -0.4 is 5.32 Å². The summed E-state index contributed by atoms with van der Waals surface area (Å²) in [6.45, 7) is 13.1. The summed E-state index contributed by atoms with van der Waals surface area (Å²) in [5.74, 6) is 2.42. The van der Waals surface area contributed by atoms with Gasteiger partial charge in [0.05, 0.1) is 0 Å². The number of carbonyl (C=O) groups excluding carboxylic acids is 1. The van der Waals surface area contributed by atoms with Crippen LogP contribution in [0.5, 0.6) is 0 Å². The van der Waals surface area contributed by atoms with E-state index in [9.17, 15) is 4.79 Å². The van der Waals surface area contributed by atoms with Crippen molar-refractivity contribution in [3.05, 3.63) is 0 Å². The molecular weight excluding hydrogens is 260 g/mol. The Hall–Kier alpha value is -0.570. The summed E-state index contributed by atoms with van der Waals surface area (Å²) in [5.41, 5.74) is 0. The van der Waals surface area contributed by atoms with Crippen molar-refractivity contribution >= 4 is 5.91 Å². The number of piperidine rings is 1. The second-order valence-electron chi connectivity index (χ2n) is 7.50. The molecule has 0 radical (unpaired) electrons. The molecule has 0 aromatic heterocycles. The molecule has 1 fully saturated rings. The lowest BCUT2D eigenvalue weighted by Gasteiger charge is -2.27. The van der Waals surface area contributed by atoms with Crippen molar-refractivity contribution in [3.63, 3.8) is 0 Å². The van der Waals surface area contributed by atoms with E-state index in [-0.39, 0.29) is 0 Å². The molecule has 1 heterocycles. The Labute approximate surface area is 131 Å². The summed E-state index contributed by atoms with van der Waals surface area (Å²) in [7, 11) is 0. The summed E-state index contributed by atoms with van der Waals surface area (Å²) in [5, 5.41) is 3.44. The molecule has 0 bridgehead atoms. The molecule has 3 heteroatoms. The maximum absolute atomic E-state index is 12.5. The fourth-order valence-electron chi connectivity index (χ4n) is 2.85. The molecule has 1 unspecified atom stereocenters. The first-order chi connectivity index (χ1) is 9.99. The second-order valence-corrected chi connectivity index (χ2v) is 7.50. The molecular formula is C18H36N2O. The largest absolute Gasteiger partial charge is 0.343 e. The molecule has 1 aliphatic rings. The van der Waals surface area contributed by atoms with Crippen LogP contribution in [-0.4, -0.2) is 37.0 Å². The predicted molar refractivity (Wildman–Crippen MR) is 90.3 cm³/mol. The van der Waals surface area contributed by atoms with Crippen LogP contribution in [0.15, 0.2) is 0 Å². The summed E-state index contributed by atoms with van der Waals surface area (Å²) >= 11 is 0. The molecule has 1 aliphatic heterocycles. The molecule has 0 aliphatic carbocycles. The van der Waals surface area contributed by atoms with Gasteiger partial charge in [-0.2, -0.15) is 0 Å². The number of hydrogen-bond donors (Lipinski definition) is 1. The first-order valence-corrected chi connectivity index (χ1v) is 8.97. The highest BCUT2D eigenvalue weighted by molar-refractivity contribution is 5.76. The fourth-order valence-corrected chi connectivity index (χ4v) is 2.85. The number of carbonyl (C=O) groups is 1. The van der Waals surface area contributed by atoms with Gasteiger partial charge in [0.15, 0.2) is 0 Å². The van der Waals surface area contributed by atoms with Gasteiger partial charge in [-0.3, -0.25) is 4.79 Å². The molecule has 1 rings (SSSR count). The van der Waals surface area contributed by atoms with Crippen LogP contribution in [0.3, 0.4) is 0 Å². The van der Waals surface area contributed by atoms with Crippen molar-refractivity contribution in [2.24, 2.45) is 17.8 Å². The van der Waals surface area contributed by atoms with Crippen LogP contribution in [0.1, 0.15) is 66.2 Å². The molecule has 124 valence electrons. The standard InChI is InChI=1S/C18H36N2O/c1-15(2)9-12-20(13-10-16(3)4)18(21)8-7-17-6-5-11-19-14-17/h15-17,19H,5-14H2,1-4H3. The van der Waals surface area contributed by atoms with Crippen LogP contribution in [0.4, 0.5) is 0 Å². The van der Waals surface area contributed by atoms with Crippen LogP contribution in [-0.2, 0) is 4.79 Å². The normalized spacial score (nSPS) is 19.2. The zero-order valence-corrected chi connectivity index (χ0v) is 14.7. The van der Waals surface area contributed by atoms with E-state index in [1.165, 1.54) is 12.8 Å². The number of nitrogens with one attached hydrogen (secondary N) is 1. The topological polar surface area (TPSA) is 32.3 Å². The van der Waals surface area contributed by atoms with Gasteiger partial charge in [-0.15, -0.1) is 0 Å². The van der Waals surface area contributed by atoms with Crippen molar-refractivity contribution < 1.29 is 4.79 Å². The van der Waals surface area contributed by atoms with Gasteiger partial charge in [0.1, 0.15) is 0 Å². The Morgan fingerprint density at radius 3 is 2.24 bits per heavy atom.